The van der Waals surface area contributed by atoms with Crippen molar-refractivity contribution in [3.05, 3.63) is 28.7 Å². The van der Waals surface area contributed by atoms with Crippen molar-refractivity contribution in [1.29, 1.82) is 0 Å². The standard InChI is InChI=1S/C13H16BrNO4S/c1-9(13(17)19-2)7-20(18)8-12(16)15-11-5-3-4-10(14)6-11/h3-6,9H,7-8H2,1-2H3,(H,15,16). The summed E-state index contributed by atoms with van der Waals surface area (Å²) in [5, 5.41) is 2.65. The fourth-order valence-corrected chi connectivity index (χ4v) is 3.09. The van der Waals surface area contributed by atoms with E-state index in [-0.39, 0.29) is 17.4 Å². The van der Waals surface area contributed by atoms with Crippen molar-refractivity contribution in [1.82, 2.24) is 0 Å². The summed E-state index contributed by atoms with van der Waals surface area (Å²) in [6, 6.07) is 7.11. The molecule has 0 aliphatic carbocycles. The van der Waals surface area contributed by atoms with Crippen LogP contribution in [0.15, 0.2) is 28.7 Å². The number of benzene rings is 1. The van der Waals surface area contributed by atoms with Crippen molar-refractivity contribution in [3.63, 3.8) is 0 Å². The van der Waals surface area contributed by atoms with Crippen LogP contribution in [0.2, 0.25) is 0 Å². The highest BCUT2D eigenvalue weighted by Gasteiger charge is 2.18. The smallest absolute Gasteiger partial charge is 0.309 e. The molecule has 5 nitrogen and oxygen atoms in total. The zero-order valence-corrected chi connectivity index (χ0v) is 13.6. The molecule has 0 saturated heterocycles. The van der Waals surface area contributed by atoms with Gasteiger partial charge >= 0.3 is 5.97 Å². The number of rotatable bonds is 6. The molecule has 2 atom stereocenters. The zero-order chi connectivity index (χ0) is 15.1. The van der Waals surface area contributed by atoms with Crippen molar-refractivity contribution < 1.29 is 18.5 Å². The third kappa shape index (κ3) is 5.83. The Labute approximate surface area is 128 Å². The summed E-state index contributed by atoms with van der Waals surface area (Å²) in [5.74, 6) is -1.30. The predicted molar refractivity (Wildman–Crippen MR) is 81.8 cm³/mol. The van der Waals surface area contributed by atoms with Gasteiger partial charge in [-0.25, -0.2) is 0 Å². The number of nitrogens with one attached hydrogen (secondary N) is 1. The fraction of sp³-hybridized carbons (Fsp3) is 0.385. The van der Waals surface area contributed by atoms with Gasteiger partial charge in [0.2, 0.25) is 5.91 Å². The summed E-state index contributed by atoms with van der Waals surface area (Å²) < 4.78 is 17.2. The van der Waals surface area contributed by atoms with E-state index in [0.717, 1.165) is 4.47 Å². The van der Waals surface area contributed by atoms with Gasteiger partial charge in [-0.2, -0.15) is 0 Å². The maximum Gasteiger partial charge on any atom is 0.309 e. The molecular formula is C13H16BrNO4S. The zero-order valence-electron chi connectivity index (χ0n) is 11.2. The topological polar surface area (TPSA) is 72.5 Å². The average molecular weight is 362 g/mol. The molecule has 1 amide bonds. The largest absolute Gasteiger partial charge is 0.469 e. The second kappa shape index (κ2) is 8.16. The van der Waals surface area contributed by atoms with E-state index < -0.39 is 22.7 Å². The SMILES string of the molecule is COC(=O)C(C)CS(=O)CC(=O)Nc1cccc(Br)c1. The van der Waals surface area contributed by atoms with E-state index in [2.05, 4.69) is 26.0 Å². The minimum Gasteiger partial charge on any atom is -0.469 e. The van der Waals surface area contributed by atoms with Gasteiger partial charge in [0.15, 0.2) is 0 Å². The Bertz CT molecular complexity index is 521. The molecule has 1 aromatic carbocycles. The summed E-state index contributed by atoms with van der Waals surface area (Å²) in [6.07, 6.45) is 0. The lowest BCUT2D eigenvalue weighted by atomic mass is 10.2. The number of esters is 1. The maximum atomic E-state index is 11.8. The molecule has 7 heteroatoms. The molecule has 1 rings (SSSR count). The van der Waals surface area contributed by atoms with Gasteiger partial charge in [-0.15, -0.1) is 0 Å². The van der Waals surface area contributed by atoms with E-state index >= 15 is 0 Å². The van der Waals surface area contributed by atoms with Gasteiger partial charge in [0.25, 0.3) is 0 Å². The highest BCUT2D eigenvalue weighted by atomic mass is 79.9. The number of ether oxygens (including phenoxy) is 1. The molecule has 1 N–H and O–H groups in total. The number of anilines is 1. The summed E-state index contributed by atoms with van der Waals surface area (Å²) >= 11 is 3.30. The number of carbonyl (C=O) groups excluding carboxylic acids is 2. The molecule has 0 aromatic heterocycles. The van der Waals surface area contributed by atoms with E-state index in [1.165, 1.54) is 7.11 Å². The third-order valence-electron chi connectivity index (χ3n) is 2.44. The monoisotopic (exact) mass is 361 g/mol. The van der Waals surface area contributed by atoms with Gasteiger partial charge in [-0.05, 0) is 18.2 Å². The van der Waals surface area contributed by atoms with E-state index in [1.807, 2.05) is 6.07 Å². The fourth-order valence-electron chi connectivity index (χ4n) is 1.52. The highest BCUT2D eigenvalue weighted by molar-refractivity contribution is 9.10. The summed E-state index contributed by atoms with van der Waals surface area (Å²) in [6.45, 7) is 1.62. The molecular weight excluding hydrogens is 346 g/mol. The van der Waals surface area contributed by atoms with Gasteiger partial charge in [-0.3, -0.25) is 13.8 Å². The van der Waals surface area contributed by atoms with Gasteiger partial charge in [-0.1, -0.05) is 28.9 Å². The average Bonchev–Trinajstić information content (AvgIpc) is 2.37. The van der Waals surface area contributed by atoms with Crippen LogP contribution < -0.4 is 5.32 Å². The van der Waals surface area contributed by atoms with Crippen LogP contribution >= 0.6 is 15.9 Å². The number of carbonyl (C=O) groups is 2. The maximum absolute atomic E-state index is 11.8. The first kappa shape index (κ1) is 16.8. The van der Waals surface area contributed by atoms with Gasteiger partial charge < -0.3 is 10.1 Å². The lowest BCUT2D eigenvalue weighted by molar-refractivity contribution is -0.144. The Morgan fingerprint density at radius 3 is 2.75 bits per heavy atom. The van der Waals surface area contributed by atoms with Crippen LogP contribution in [0.4, 0.5) is 5.69 Å². The molecule has 0 fully saturated rings. The van der Waals surface area contributed by atoms with Crippen LogP contribution in [-0.4, -0.2) is 34.7 Å². The van der Waals surface area contributed by atoms with Crippen molar-refractivity contribution in [3.8, 4) is 0 Å². The van der Waals surface area contributed by atoms with Gasteiger partial charge in [0.05, 0.1) is 13.0 Å². The minimum absolute atomic E-state index is 0.110. The Hall–Kier alpha value is -1.21. The van der Waals surface area contributed by atoms with Crippen LogP contribution in [0.3, 0.4) is 0 Å². The molecule has 0 aliphatic rings. The van der Waals surface area contributed by atoms with Crippen molar-refractivity contribution >= 4 is 44.3 Å². The van der Waals surface area contributed by atoms with Gasteiger partial charge in [0, 0.05) is 26.7 Å². The van der Waals surface area contributed by atoms with Crippen molar-refractivity contribution in [2.45, 2.75) is 6.92 Å². The Kier molecular flexibility index (Phi) is 6.87. The number of hydrogen-bond donors (Lipinski definition) is 1. The summed E-state index contributed by atoms with van der Waals surface area (Å²) in [4.78, 5) is 22.9. The number of hydrogen-bond acceptors (Lipinski definition) is 4. The number of amides is 1. The molecule has 0 heterocycles. The van der Waals surface area contributed by atoms with E-state index in [9.17, 15) is 13.8 Å². The predicted octanol–water partition coefficient (Wildman–Crippen LogP) is 1.95. The first-order valence-electron chi connectivity index (χ1n) is 5.90. The quantitative estimate of drug-likeness (QED) is 0.785. The second-order valence-corrected chi connectivity index (χ2v) is 6.65. The minimum atomic E-state index is -1.41. The normalized spacial score (nSPS) is 13.3. The van der Waals surface area contributed by atoms with Crippen LogP contribution in [0.1, 0.15) is 6.92 Å². The van der Waals surface area contributed by atoms with E-state index in [0.29, 0.717) is 5.69 Å². The van der Waals surface area contributed by atoms with Crippen LogP contribution in [-0.2, 0) is 25.1 Å². The Balaban J connectivity index is 2.46. The molecule has 0 saturated carbocycles. The molecule has 0 radical (unpaired) electrons. The van der Waals surface area contributed by atoms with Crippen LogP contribution in [0, 0.1) is 5.92 Å². The molecule has 0 spiro atoms. The lowest BCUT2D eigenvalue weighted by Crippen LogP contribution is -2.25. The summed E-state index contributed by atoms with van der Waals surface area (Å²) in [5.41, 5.74) is 0.627. The molecule has 0 aliphatic heterocycles. The number of methoxy groups -OCH3 is 1. The molecule has 110 valence electrons. The van der Waals surface area contributed by atoms with E-state index in [4.69, 9.17) is 0 Å². The van der Waals surface area contributed by atoms with Crippen molar-refractivity contribution in [2.75, 3.05) is 23.9 Å². The molecule has 0 bridgehead atoms. The highest BCUT2D eigenvalue weighted by Crippen LogP contribution is 2.15. The van der Waals surface area contributed by atoms with Crippen molar-refractivity contribution in [2.24, 2.45) is 5.92 Å². The Morgan fingerprint density at radius 2 is 2.15 bits per heavy atom. The molecule has 20 heavy (non-hydrogen) atoms. The second-order valence-electron chi connectivity index (χ2n) is 4.23. The first-order valence-corrected chi connectivity index (χ1v) is 8.18. The summed E-state index contributed by atoms with van der Waals surface area (Å²) in [7, 11) is -0.126. The van der Waals surface area contributed by atoms with Crippen LogP contribution in [0.5, 0.6) is 0 Å². The van der Waals surface area contributed by atoms with E-state index in [1.54, 1.807) is 25.1 Å². The van der Waals surface area contributed by atoms with Crippen LogP contribution in [0.25, 0.3) is 0 Å². The lowest BCUT2D eigenvalue weighted by Gasteiger charge is -2.09. The molecule has 1 aromatic rings. The third-order valence-corrected chi connectivity index (χ3v) is 4.39. The molecule has 2 unspecified atom stereocenters. The first-order chi connectivity index (χ1) is 9.42. The van der Waals surface area contributed by atoms with Gasteiger partial charge in [0.1, 0.15) is 5.75 Å². The number of halogens is 1. The Morgan fingerprint density at radius 1 is 1.45 bits per heavy atom.